The lowest BCUT2D eigenvalue weighted by molar-refractivity contribution is 1.14. The van der Waals surface area contributed by atoms with Crippen molar-refractivity contribution in [3.05, 3.63) is 58.7 Å². The van der Waals surface area contributed by atoms with Crippen LogP contribution in [0.15, 0.2) is 36.4 Å². The first-order valence-electron chi connectivity index (χ1n) is 19.8. The third-order valence-corrected chi connectivity index (χ3v) is 55.4. The van der Waals surface area contributed by atoms with Crippen molar-refractivity contribution in [1.29, 1.82) is 0 Å². The van der Waals surface area contributed by atoms with E-state index in [0.717, 1.165) is 0 Å². The smallest absolute Gasteiger partial charge is 0.0987 e. The summed E-state index contributed by atoms with van der Waals surface area (Å²) in [6.07, 6.45) is 0. The van der Waals surface area contributed by atoms with Gasteiger partial charge in [-0.1, -0.05) is 224 Å². The lowest BCUT2D eigenvalue weighted by Crippen LogP contribution is -2.62. The average molecular weight is 976 g/mol. The molecule has 0 aliphatic rings. The standard InChI is InChI=1S/C40H82Br2Si9/c1-43(2,3)37(44(4,5)6)31-27-25-28-32(38(45(7,8)9)46(10,11)12)35(31)51(41,42)36-33(39(47(13,14)15)48(16,17)18)29-26-30-34(36)40(49(19,20)21)50(22,23)24/h25-30,37-40H,1-24H3. The van der Waals surface area contributed by atoms with Crippen molar-refractivity contribution < 1.29 is 0 Å². The molecule has 0 aromatic heterocycles. The van der Waals surface area contributed by atoms with Crippen molar-refractivity contribution in [2.75, 3.05) is 0 Å². The van der Waals surface area contributed by atoms with Crippen LogP contribution < -0.4 is 10.4 Å². The van der Waals surface area contributed by atoms with Crippen LogP contribution in [0.3, 0.4) is 0 Å². The molecule has 0 spiro atoms. The summed E-state index contributed by atoms with van der Waals surface area (Å²) in [4.78, 5) is 0. The minimum Gasteiger partial charge on any atom is -0.0987 e. The molecular weight excluding hydrogens is 893 g/mol. The molecule has 51 heavy (non-hydrogen) atoms. The number of hydrogen-bond donors (Lipinski definition) is 0. The molecule has 2 rings (SSSR count). The van der Waals surface area contributed by atoms with E-state index in [-0.39, 0.29) is 0 Å². The Morgan fingerprint density at radius 1 is 0.294 bits per heavy atom. The van der Waals surface area contributed by atoms with Gasteiger partial charge in [-0.05, 0) is 53.3 Å². The van der Waals surface area contributed by atoms with Crippen LogP contribution in [0.1, 0.15) is 42.9 Å². The van der Waals surface area contributed by atoms with Gasteiger partial charge in [-0.2, -0.15) is 0 Å². The van der Waals surface area contributed by atoms with Crippen LogP contribution in [-0.4, -0.2) is 69.9 Å². The molecule has 0 unspecified atom stereocenters. The van der Waals surface area contributed by atoms with E-state index in [1.807, 2.05) is 0 Å². The van der Waals surface area contributed by atoms with E-state index >= 15 is 0 Å². The maximum Gasteiger partial charge on any atom is 0.260 e. The van der Waals surface area contributed by atoms with Gasteiger partial charge in [-0.15, -0.1) is 0 Å². The van der Waals surface area contributed by atoms with E-state index in [9.17, 15) is 0 Å². The molecule has 0 aliphatic heterocycles. The van der Waals surface area contributed by atoms with E-state index in [4.69, 9.17) is 30.6 Å². The molecule has 0 atom stereocenters. The number of hydrogen-bond acceptors (Lipinski definition) is 0. The van der Waals surface area contributed by atoms with Crippen LogP contribution in [-0.2, 0) is 0 Å². The largest absolute Gasteiger partial charge is 0.260 e. The fourth-order valence-electron chi connectivity index (χ4n) is 11.9. The first-order chi connectivity index (χ1) is 22.2. The van der Waals surface area contributed by atoms with Crippen LogP contribution in [0.5, 0.6) is 0 Å². The van der Waals surface area contributed by atoms with Crippen LogP contribution in [0.4, 0.5) is 0 Å². The first-order valence-corrected chi connectivity index (χ1v) is 55.0. The second-order valence-corrected chi connectivity index (χ2v) is 82.1. The maximum atomic E-state index is 4.99. The van der Waals surface area contributed by atoms with Gasteiger partial charge in [0.1, 0.15) is 0 Å². The Morgan fingerprint density at radius 2 is 0.431 bits per heavy atom. The van der Waals surface area contributed by atoms with E-state index in [1.165, 1.54) is 0 Å². The lowest BCUT2D eigenvalue weighted by Gasteiger charge is -2.48. The second-order valence-electron chi connectivity index (χ2n) is 24.9. The Bertz CT molecular complexity index is 1240. The van der Waals surface area contributed by atoms with Crippen LogP contribution in [0, 0.1) is 0 Å². The molecule has 0 bridgehead atoms. The van der Waals surface area contributed by atoms with Gasteiger partial charge in [-0.25, -0.2) is 0 Å². The summed E-state index contributed by atoms with van der Waals surface area (Å²) < 4.78 is 0. The van der Waals surface area contributed by atoms with Gasteiger partial charge < -0.3 is 0 Å². The Labute approximate surface area is 344 Å². The van der Waals surface area contributed by atoms with Crippen molar-refractivity contribution in [2.24, 2.45) is 0 Å². The molecule has 0 heterocycles. The third-order valence-electron chi connectivity index (χ3n) is 11.1. The molecule has 11 heteroatoms. The number of rotatable bonds is 14. The summed E-state index contributed by atoms with van der Waals surface area (Å²) in [5.41, 5.74) is 6.90. The highest BCUT2D eigenvalue weighted by molar-refractivity contribution is 9.52. The van der Waals surface area contributed by atoms with E-state index < -0.39 is 69.9 Å². The van der Waals surface area contributed by atoms with Crippen LogP contribution >= 0.6 is 30.6 Å². The van der Waals surface area contributed by atoms with Crippen molar-refractivity contribution in [2.45, 2.75) is 178 Å². The molecule has 0 radical (unpaired) electrons. The fourth-order valence-corrected chi connectivity index (χ4v) is 72.1. The number of benzene rings is 2. The van der Waals surface area contributed by atoms with E-state index in [0.29, 0.717) is 20.7 Å². The summed E-state index contributed by atoms with van der Waals surface area (Å²) in [5, 5.41) is 3.49. The summed E-state index contributed by atoms with van der Waals surface area (Å²) in [6.45, 7) is 64.1. The monoisotopic (exact) mass is 972 g/mol. The van der Waals surface area contributed by atoms with Crippen LogP contribution in [0.25, 0.3) is 0 Å². The zero-order chi connectivity index (χ0) is 40.5. The van der Waals surface area contributed by atoms with Gasteiger partial charge in [0.25, 0.3) is 5.31 Å². The fraction of sp³-hybridized carbons (Fsp3) is 0.700. The molecule has 2 aromatic rings. The predicted molar refractivity (Wildman–Crippen MR) is 273 cm³/mol. The number of halogens is 2. The molecule has 0 amide bonds. The van der Waals surface area contributed by atoms with Crippen molar-refractivity contribution in [3.63, 3.8) is 0 Å². The zero-order valence-electron chi connectivity index (χ0n) is 38.0. The summed E-state index contributed by atoms with van der Waals surface area (Å²) in [7, 11) is -13.0. The quantitative estimate of drug-likeness (QED) is 0.131. The lowest BCUT2D eigenvalue weighted by atomic mass is 10.1. The predicted octanol–water partition coefficient (Wildman–Crippen LogP) is 14.4. The molecular formula is C40H82Br2Si9. The Balaban J connectivity index is 3.61. The third kappa shape index (κ3) is 11.3. The van der Waals surface area contributed by atoms with Gasteiger partial charge in [0.2, 0.25) is 0 Å². The summed E-state index contributed by atoms with van der Waals surface area (Å²) in [5.74, 6) is 0. The Hall–Kier alpha value is 1.35. The molecule has 0 aliphatic carbocycles. The molecule has 292 valence electrons. The van der Waals surface area contributed by atoms with Gasteiger partial charge in [0.05, 0.1) is 0 Å². The van der Waals surface area contributed by atoms with Crippen molar-refractivity contribution >= 4 is 111 Å². The molecule has 2 aromatic carbocycles. The minimum absolute atomic E-state index is 0.677. The molecule has 0 saturated carbocycles. The Morgan fingerprint density at radius 3 is 0.549 bits per heavy atom. The summed E-state index contributed by atoms with van der Waals surface area (Å²) >= 11 is 9.98. The average Bonchev–Trinajstić information content (AvgIpc) is 2.76. The topological polar surface area (TPSA) is 0 Å². The van der Waals surface area contributed by atoms with Crippen molar-refractivity contribution in [1.82, 2.24) is 0 Å². The Kier molecular flexibility index (Phi) is 14.8. The van der Waals surface area contributed by atoms with Gasteiger partial charge in [0, 0.05) is 64.6 Å². The van der Waals surface area contributed by atoms with E-state index in [2.05, 4.69) is 194 Å². The second kappa shape index (κ2) is 15.6. The zero-order valence-corrected chi connectivity index (χ0v) is 50.2. The molecule has 0 fully saturated rings. The summed E-state index contributed by atoms with van der Waals surface area (Å²) in [6, 6.07) is 15.6. The molecule has 0 nitrogen and oxygen atoms in total. The van der Waals surface area contributed by atoms with E-state index in [1.54, 1.807) is 32.6 Å². The van der Waals surface area contributed by atoms with Gasteiger partial charge >= 0.3 is 0 Å². The molecule has 0 N–H and O–H groups in total. The highest BCUT2D eigenvalue weighted by atomic mass is 79.9. The van der Waals surface area contributed by atoms with Crippen molar-refractivity contribution in [3.8, 4) is 0 Å². The van der Waals surface area contributed by atoms with Gasteiger partial charge in [0.15, 0.2) is 0 Å². The highest BCUT2D eigenvalue weighted by Gasteiger charge is 2.53. The van der Waals surface area contributed by atoms with Crippen LogP contribution in [0.2, 0.25) is 157 Å². The van der Waals surface area contributed by atoms with Gasteiger partial charge in [-0.3, -0.25) is 0 Å². The maximum absolute atomic E-state index is 4.99. The highest BCUT2D eigenvalue weighted by Crippen LogP contribution is 2.46. The SMILES string of the molecule is C[Si](C)(C)C(c1cccc(C([Si](C)(C)C)[Si](C)(C)C)c1[Si](Br)(Br)c1c(C([Si](C)(C)C)[Si](C)(C)C)cccc1C([Si](C)(C)C)[Si](C)(C)C)[Si](C)(C)C. The first kappa shape index (κ1) is 48.5. The normalized spacial score (nSPS) is 15.2. The molecule has 0 saturated heterocycles. The minimum atomic E-state index is -2.71.